The number of hydrogen-bond acceptors (Lipinski definition) is 4. The van der Waals surface area contributed by atoms with Gasteiger partial charge in [-0.05, 0) is 30.7 Å². The minimum Gasteiger partial charge on any atom is -0.363 e. The Hall–Kier alpha value is -1.66. The lowest BCUT2D eigenvalue weighted by molar-refractivity contribution is -0.134. The van der Waals surface area contributed by atoms with Crippen molar-refractivity contribution in [2.75, 3.05) is 13.1 Å². The van der Waals surface area contributed by atoms with E-state index in [0.717, 1.165) is 44.7 Å². The fourth-order valence-corrected chi connectivity index (χ4v) is 4.49. The molecular weight excluding hydrogens is 310 g/mol. The molecule has 2 aromatic heterocycles. The predicted octanol–water partition coefficient (Wildman–Crippen LogP) is 2.52. The molecule has 5 rings (SSSR count). The highest BCUT2D eigenvalue weighted by atomic mass is 32.1. The molecule has 1 atom stereocenters. The van der Waals surface area contributed by atoms with Gasteiger partial charge in [0, 0.05) is 12.5 Å². The van der Waals surface area contributed by atoms with E-state index in [1.54, 1.807) is 11.3 Å². The average molecular weight is 329 g/mol. The van der Waals surface area contributed by atoms with E-state index in [1.165, 1.54) is 10.6 Å². The van der Waals surface area contributed by atoms with Gasteiger partial charge in [-0.15, -0.1) is 11.3 Å². The minimum atomic E-state index is -0.232. The van der Waals surface area contributed by atoms with Gasteiger partial charge < -0.3 is 14.2 Å². The van der Waals surface area contributed by atoms with Gasteiger partial charge in [-0.1, -0.05) is 6.07 Å². The molecule has 23 heavy (non-hydrogen) atoms. The summed E-state index contributed by atoms with van der Waals surface area (Å²) < 4.78 is 8.48. The molecule has 1 amide bonds. The molecule has 0 bridgehead atoms. The first-order valence-corrected chi connectivity index (χ1v) is 9.13. The van der Waals surface area contributed by atoms with Gasteiger partial charge >= 0.3 is 0 Å². The lowest BCUT2D eigenvalue weighted by atomic mass is 10.0. The van der Waals surface area contributed by atoms with E-state index in [1.807, 2.05) is 11.1 Å². The Morgan fingerprint density at radius 2 is 2.30 bits per heavy atom. The lowest BCUT2D eigenvalue weighted by Crippen LogP contribution is -2.45. The molecule has 120 valence electrons. The monoisotopic (exact) mass is 329 g/mol. The minimum absolute atomic E-state index is 0.232. The first-order valence-electron chi connectivity index (χ1n) is 8.25. The molecule has 1 spiro atoms. The van der Waals surface area contributed by atoms with E-state index < -0.39 is 0 Å². The predicted molar refractivity (Wildman–Crippen MR) is 87.0 cm³/mol. The van der Waals surface area contributed by atoms with Crippen molar-refractivity contribution >= 4 is 17.2 Å². The Kier molecular flexibility index (Phi) is 2.94. The second kappa shape index (κ2) is 4.92. The molecule has 1 saturated carbocycles. The second-order valence-corrected chi connectivity index (χ2v) is 7.83. The summed E-state index contributed by atoms with van der Waals surface area (Å²) in [6.07, 6.45) is 5.01. The summed E-state index contributed by atoms with van der Waals surface area (Å²) in [5.41, 5.74) is 0.939. The number of imidazole rings is 1. The number of fused-ring (bicyclic) bond motifs is 1. The average Bonchev–Trinajstić information content (AvgIpc) is 2.98. The van der Waals surface area contributed by atoms with Gasteiger partial charge in [0.25, 0.3) is 0 Å². The molecular formula is C17H19N3O2S. The number of hydrogen-bond donors (Lipinski definition) is 0. The van der Waals surface area contributed by atoms with Crippen molar-refractivity contribution in [3.8, 4) is 10.6 Å². The Labute approximate surface area is 138 Å². The molecule has 1 aliphatic carbocycles. The molecule has 0 N–H and O–H groups in total. The van der Waals surface area contributed by atoms with Gasteiger partial charge in [-0.25, -0.2) is 4.98 Å². The van der Waals surface area contributed by atoms with Gasteiger partial charge in [0.2, 0.25) is 5.91 Å². The summed E-state index contributed by atoms with van der Waals surface area (Å²) in [4.78, 5) is 20.1. The van der Waals surface area contributed by atoms with Crippen molar-refractivity contribution in [3.63, 3.8) is 0 Å². The number of carbonyl (C=O) groups excluding carboxylic acids is 1. The van der Waals surface area contributed by atoms with Crippen molar-refractivity contribution < 1.29 is 9.53 Å². The number of aromatic nitrogens is 2. The number of likely N-dealkylation sites (tertiary alicyclic amines) is 1. The zero-order valence-corrected chi connectivity index (χ0v) is 13.7. The molecule has 6 heteroatoms. The van der Waals surface area contributed by atoms with Gasteiger partial charge in [0.1, 0.15) is 18.0 Å². The number of thiophene rings is 1. The zero-order chi connectivity index (χ0) is 15.4. The maximum atomic E-state index is 12.3. The van der Waals surface area contributed by atoms with Crippen LogP contribution in [0.25, 0.3) is 10.6 Å². The first kappa shape index (κ1) is 13.7. The van der Waals surface area contributed by atoms with E-state index >= 15 is 0 Å². The van der Waals surface area contributed by atoms with Crippen LogP contribution in [0.1, 0.15) is 25.1 Å². The van der Waals surface area contributed by atoms with Crippen LogP contribution in [-0.2, 0) is 22.7 Å². The SMILES string of the molecule is O=C(C1CC1)N1CC[C@@]2(C1)Cn1c(-c3cccs3)cnc1CO2. The maximum absolute atomic E-state index is 12.3. The number of carbonyl (C=O) groups is 1. The summed E-state index contributed by atoms with van der Waals surface area (Å²) in [5.74, 6) is 1.62. The molecule has 0 aromatic carbocycles. The van der Waals surface area contributed by atoms with Gasteiger partial charge in [-0.2, -0.15) is 0 Å². The Morgan fingerprint density at radius 3 is 3.09 bits per heavy atom. The largest absolute Gasteiger partial charge is 0.363 e. The Balaban J connectivity index is 1.42. The highest BCUT2D eigenvalue weighted by Crippen LogP contribution is 2.38. The van der Waals surface area contributed by atoms with Crippen molar-refractivity contribution in [3.05, 3.63) is 29.5 Å². The Morgan fingerprint density at radius 1 is 1.39 bits per heavy atom. The third kappa shape index (κ3) is 2.23. The fraction of sp³-hybridized carbons (Fsp3) is 0.529. The van der Waals surface area contributed by atoms with Crippen LogP contribution in [0.2, 0.25) is 0 Å². The summed E-state index contributed by atoms with van der Waals surface area (Å²) >= 11 is 1.74. The third-order valence-corrected chi connectivity index (χ3v) is 6.11. The Bertz CT molecular complexity index is 750. The number of rotatable bonds is 2. The van der Waals surface area contributed by atoms with E-state index in [0.29, 0.717) is 18.4 Å². The molecule has 0 unspecified atom stereocenters. The van der Waals surface area contributed by atoms with Crippen molar-refractivity contribution in [1.29, 1.82) is 0 Å². The summed E-state index contributed by atoms with van der Waals surface area (Å²) in [7, 11) is 0. The van der Waals surface area contributed by atoms with Gasteiger partial charge in [0.15, 0.2) is 0 Å². The highest BCUT2D eigenvalue weighted by Gasteiger charge is 2.46. The van der Waals surface area contributed by atoms with E-state index in [-0.39, 0.29) is 5.60 Å². The lowest BCUT2D eigenvalue weighted by Gasteiger charge is -2.35. The smallest absolute Gasteiger partial charge is 0.225 e. The molecule has 2 aliphatic heterocycles. The third-order valence-electron chi connectivity index (χ3n) is 5.22. The zero-order valence-electron chi connectivity index (χ0n) is 12.9. The van der Waals surface area contributed by atoms with Crippen molar-refractivity contribution in [2.45, 2.75) is 38.0 Å². The normalized spacial score (nSPS) is 26.7. The molecule has 3 aliphatic rings. The van der Waals surface area contributed by atoms with Crippen LogP contribution in [-0.4, -0.2) is 39.0 Å². The van der Waals surface area contributed by atoms with Crippen LogP contribution in [0.5, 0.6) is 0 Å². The molecule has 2 aromatic rings. The number of ether oxygens (including phenoxy) is 1. The summed E-state index contributed by atoms with van der Waals surface area (Å²) in [6, 6.07) is 4.20. The highest BCUT2D eigenvalue weighted by molar-refractivity contribution is 7.13. The van der Waals surface area contributed by atoms with Gasteiger partial charge in [-0.3, -0.25) is 4.79 Å². The molecule has 5 nitrogen and oxygen atoms in total. The van der Waals surface area contributed by atoms with Crippen molar-refractivity contribution in [2.24, 2.45) is 5.92 Å². The van der Waals surface area contributed by atoms with Crippen LogP contribution in [0.15, 0.2) is 23.7 Å². The van der Waals surface area contributed by atoms with Crippen molar-refractivity contribution in [1.82, 2.24) is 14.5 Å². The molecule has 0 radical (unpaired) electrons. The summed E-state index contributed by atoms with van der Waals surface area (Å²) in [5, 5.41) is 2.09. The topological polar surface area (TPSA) is 47.4 Å². The van der Waals surface area contributed by atoms with Gasteiger partial charge in [0.05, 0.1) is 29.9 Å². The van der Waals surface area contributed by atoms with E-state index in [2.05, 4.69) is 27.1 Å². The summed E-state index contributed by atoms with van der Waals surface area (Å²) in [6.45, 7) is 2.89. The molecule has 1 saturated heterocycles. The van der Waals surface area contributed by atoms with E-state index in [9.17, 15) is 4.79 Å². The second-order valence-electron chi connectivity index (χ2n) is 6.88. The van der Waals surface area contributed by atoms with Crippen LogP contribution in [0.4, 0.5) is 0 Å². The standard InChI is InChI=1S/C17H19N3O2S/c21-16(12-3-4-12)19-6-5-17(10-19)11-20-13(14-2-1-7-23-14)8-18-15(20)9-22-17/h1-2,7-8,12H,3-6,9-11H2/t17-/m1/s1. The van der Waals surface area contributed by atoms with Crippen LogP contribution >= 0.6 is 11.3 Å². The van der Waals surface area contributed by atoms with Crippen LogP contribution in [0.3, 0.4) is 0 Å². The van der Waals surface area contributed by atoms with Crippen LogP contribution in [0, 0.1) is 5.92 Å². The molecule has 2 fully saturated rings. The first-order chi connectivity index (χ1) is 11.2. The maximum Gasteiger partial charge on any atom is 0.225 e. The van der Waals surface area contributed by atoms with E-state index in [4.69, 9.17) is 4.74 Å². The fourth-order valence-electron chi connectivity index (χ4n) is 3.75. The quantitative estimate of drug-likeness (QED) is 0.850. The number of amides is 1. The van der Waals surface area contributed by atoms with Crippen LogP contribution < -0.4 is 0 Å². The number of nitrogens with zero attached hydrogens (tertiary/aromatic N) is 3. The molecule has 4 heterocycles.